The zero-order valence-electron chi connectivity index (χ0n) is 14.7. The van der Waals surface area contributed by atoms with Crippen LogP contribution in [0.15, 0.2) is 46.7 Å². The fraction of sp³-hybridized carbons (Fsp3) is 0.421. The van der Waals surface area contributed by atoms with Gasteiger partial charge in [0.15, 0.2) is 0 Å². The van der Waals surface area contributed by atoms with Gasteiger partial charge in [0, 0.05) is 19.6 Å². The highest BCUT2D eigenvalue weighted by molar-refractivity contribution is 7.89. The van der Waals surface area contributed by atoms with Gasteiger partial charge in [0.2, 0.25) is 10.0 Å². The first-order chi connectivity index (χ1) is 12.6. The third-order valence-electron chi connectivity index (χ3n) is 4.57. The van der Waals surface area contributed by atoms with Gasteiger partial charge < -0.3 is 5.32 Å². The first-order valence-electron chi connectivity index (χ1n) is 8.98. The summed E-state index contributed by atoms with van der Waals surface area (Å²) in [7, 11) is -3.40. The van der Waals surface area contributed by atoms with E-state index >= 15 is 0 Å². The van der Waals surface area contributed by atoms with Gasteiger partial charge in [0.05, 0.1) is 9.77 Å². The molecule has 1 aliphatic heterocycles. The maximum absolute atomic E-state index is 12.8. The molecule has 0 aliphatic carbocycles. The topological polar surface area (TPSA) is 66.5 Å². The van der Waals surface area contributed by atoms with Crippen LogP contribution in [0.2, 0.25) is 0 Å². The van der Waals surface area contributed by atoms with Crippen LogP contribution in [0.4, 0.5) is 0 Å². The normalized spacial score (nSPS) is 16.2. The van der Waals surface area contributed by atoms with Crippen LogP contribution >= 0.6 is 11.3 Å². The Labute approximate surface area is 159 Å². The van der Waals surface area contributed by atoms with Gasteiger partial charge in [-0.1, -0.05) is 31.0 Å². The number of hydrogen-bond donors (Lipinski definition) is 1. The molecule has 26 heavy (non-hydrogen) atoms. The Morgan fingerprint density at radius 2 is 1.73 bits per heavy atom. The van der Waals surface area contributed by atoms with Crippen LogP contribution in [0.3, 0.4) is 0 Å². The number of amides is 1. The molecule has 0 unspecified atom stereocenters. The molecular weight excluding hydrogens is 368 g/mol. The lowest BCUT2D eigenvalue weighted by Gasteiger charge is -2.20. The van der Waals surface area contributed by atoms with Crippen molar-refractivity contribution in [1.82, 2.24) is 9.62 Å². The second-order valence-electron chi connectivity index (χ2n) is 6.45. The third kappa shape index (κ3) is 4.72. The van der Waals surface area contributed by atoms with E-state index in [9.17, 15) is 13.2 Å². The summed E-state index contributed by atoms with van der Waals surface area (Å²) in [6.07, 6.45) is 4.73. The standard InChI is InChI=1S/C19H24N2O3S2/c22-19(18-6-5-15-25-18)20-12-11-16-7-9-17(10-8-16)26(23,24)21-13-3-1-2-4-14-21/h5-10,15H,1-4,11-14H2,(H,20,22). The van der Waals surface area contributed by atoms with Crippen molar-refractivity contribution < 1.29 is 13.2 Å². The fourth-order valence-electron chi connectivity index (χ4n) is 3.07. The highest BCUT2D eigenvalue weighted by Crippen LogP contribution is 2.20. The molecule has 0 bridgehead atoms. The Bertz CT molecular complexity index is 807. The molecule has 0 spiro atoms. The van der Waals surface area contributed by atoms with E-state index in [1.54, 1.807) is 22.5 Å². The maximum atomic E-state index is 12.8. The largest absolute Gasteiger partial charge is 0.351 e. The highest BCUT2D eigenvalue weighted by Gasteiger charge is 2.24. The Kier molecular flexibility index (Phi) is 6.45. The van der Waals surface area contributed by atoms with Crippen molar-refractivity contribution in [2.45, 2.75) is 37.0 Å². The Morgan fingerprint density at radius 1 is 1.04 bits per heavy atom. The summed E-state index contributed by atoms with van der Waals surface area (Å²) in [6.45, 7) is 1.74. The summed E-state index contributed by atoms with van der Waals surface area (Å²) in [4.78, 5) is 12.9. The van der Waals surface area contributed by atoms with Crippen molar-refractivity contribution in [2.24, 2.45) is 0 Å². The molecule has 1 N–H and O–H groups in total. The minimum atomic E-state index is -3.40. The number of nitrogens with one attached hydrogen (secondary N) is 1. The van der Waals surface area contributed by atoms with Gasteiger partial charge in [-0.2, -0.15) is 4.31 Å². The van der Waals surface area contributed by atoms with Crippen LogP contribution in [0.1, 0.15) is 40.9 Å². The molecule has 1 fully saturated rings. The SMILES string of the molecule is O=C(NCCc1ccc(S(=O)(=O)N2CCCCCC2)cc1)c1cccs1. The number of carbonyl (C=O) groups is 1. The van der Waals surface area contributed by atoms with E-state index < -0.39 is 10.0 Å². The summed E-state index contributed by atoms with van der Waals surface area (Å²) < 4.78 is 27.1. The van der Waals surface area contributed by atoms with Crippen molar-refractivity contribution in [3.8, 4) is 0 Å². The number of carbonyl (C=O) groups excluding carboxylic acids is 1. The van der Waals surface area contributed by atoms with Crippen LogP contribution < -0.4 is 5.32 Å². The molecule has 0 radical (unpaired) electrons. The van der Waals surface area contributed by atoms with Crippen molar-refractivity contribution in [3.63, 3.8) is 0 Å². The van der Waals surface area contributed by atoms with Crippen LogP contribution in [0.5, 0.6) is 0 Å². The summed E-state index contributed by atoms with van der Waals surface area (Å²) in [5.74, 6) is -0.0691. The van der Waals surface area contributed by atoms with Gasteiger partial charge in [-0.25, -0.2) is 8.42 Å². The van der Waals surface area contributed by atoms with Crippen LogP contribution in [0.25, 0.3) is 0 Å². The van der Waals surface area contributed by atoms with E-state index in [1.807, 2.05) is 23.6 Å². The summed E-state index contributed by atoms with van der Waals surface area (Å²) in [5.41, 5.74) is 1.01. The Balaban J connectivity index is 1.56. The van der Waals surface area contributed by atoms with Gasteiger partial charge >= 0.3 is 0 Å². The Morgan fingerprint density at radius 3 is 2.35 bits per heavy atom. The average molecular weight is 393 g/mol. The zero-order chi connectivity index (χ0) is 18.4. The van der Waals surface area contributed by atoms with Crippen molar-refractivity contribution in [2.75, 3.05) is 19.6 Å². The summed E-state index contributed by atoms with van der Waals surface area (Å²) in [5, 5.41) is 4.76. The number of benzene rings is 1. The number of sulfonamides is 1. The van der Waals surface area contributed by atoms with Gasteiger partial charge in [-0.15, -0.1) is 11.3 Å². The molecule has 0 atom stereocenters. The van der Waals surface area contributed by atoms with Crippen molar-refractivity contribution in [1.29, 1.82) is 0 Å². The first-order valence-corrected chi connectivity index (χ1v) is 11.3. The molecule has 1 amide bonds. The average Bonchev–Trinajstić information content (AvgIpc) is 3.04. The monoisotopic (exact) mass is 392 g/mol. The molecule has 2 heterocycles. The molecule has 7 heteroatoms. The molecule has 1 saturated heterocycles. The molecule has 1 aliphatic rings. The maximum Gasteiger partial charge on any atom is 0.261 e. The van der Waals surface area contributed by atoms with E-state index in [-0.39, 0.29) is 5.91 Å². The van der Waals surface area contributed by atoms with Crippen molar-refractivity contribution in [3.05, 3.63) is 52.2 Å². The molecule has 5 nitrogen and oxygen atoms in total. The second-order valence-corrected chi connectivity index (χ2v) is 9.33. The molecule has 2 aromatic rings. The number of rotatable bonds is 6. The summed E-state index contributed by atoms with van der Waals surface area (Å²) in [6, 6.07) is 10.7. The van der Waals surface area contributed by atoms with Gasteiger partial charge in [0.25, 0.3) is 5.91 Å². The van der Waals surface area contributed by atoms with Crippen molar-refractivity contribution >= 4 is 27.3 Å². The van der Waals surface area contributed by atoms with Crippen LogP contribution in [-0.4, -0.2) is 38.3 Å². The lowest BCUT2D eigenvalue weighted by molar-refractivity contribution is 0.0958. The highest BCUT2D eigenvalue weighted by atomic mass is 32.2. The van der Waals surface area contributed by atoms with E-state index in [4.69, 9.17) is 0 Å². The van der Waals surface area contributed by atoms with Gasteiger partial charge in [-0.05, 0) is 48.4 Å². The second kappa shape index (κ2) is 8.79. The number of thiophene rings is 1. The number of nitrogens with zero attached hydrogens (tertiary/aromatic N) is 1. The van der Waals surface area contributed by atoms with Gasteiger partial charge in [-0.3, -0.25) is 4.79 Å². The molecule has 1 aromatic carbocycles. The first kappa shape index (κ1) is 19.1. The number of hydrogen-bond acceptors (Lipinski definition) is 4. The minimum absolute atomic E-state index is 0.0691. The minimum Gasteiger partial charge on any atom is -0.351 e. The van der Waals surface area contributed by atoms with Crippen LogP contribution in [0, 0.1) is 0 Å². The van der Waals surface area contributed by atoms with E-state index in [0.29, 0.717) is 35.8 Å². The molecular formula is C19H24N2O3S2. The van der Waals surface area contributed by atoms with Crippen LogP contribution in [-0.2, 0) is 16.4 Å². The van der Waals surface area contributed by atoms with Gasteiger partial charge in [0.1, 0.15) is 0 Å². The quantitative estimate of drug-likeness (QED) is 0.820. The molecule has 3 rings (SSSR count). The Hall–Kier alpha value is -1.70. The zero-order valence-corrected chi connectivity index (χ0v) is 16.3. The predicted molar refractivity (Wildman–Crippen MR) is 104 cm³/mol. The fourth-order valence-corrected chi connectivity index (χ4v) is 5.23. The lowest BCUT2D eigenvalue weighted by atomic mass is 10.1. The predicted octanol–water partition coefficient (Wildman–Crippen LogP) is 3.29. The van der Waals surface area contributed by atoms with E-state index in [2.05, 4.69) is 5.32 Å². The molecule has 140 valence electrons. The lowest BCUT2D eigenvalue weighted by Crippen LogP contribution is -2.31. The smallest absolute Gasteiger partial charge is 0.261 e. The summed E-state index contributed by atoms with van der Waals surface area (Å²) >= 11 is 1.41. The van der Waals surface area contributed by atoms with E-state index in [0.717, 1.165) is 31.2 Å². The van der Waals surface area contributed by atoms with E-state index in [1.165, 1.54) is 11.3 Å². The third-order valence-corrected chi connectivity index (χ3v) is 7.35. The molecule has 0 saturated carbocycles. The molecule has 1 aromatic heterocycles.